The highest BCUT2D eigenvalue weighted by Gasteiger charge is 2.49. The zero-order valence-electron chi connectivity index (χ0n) is 19.3. The first-order chi connectivity index (χ1) is 14.5. The third-order valence-electron chi connectivity index (χ3n) is 7.64. The zero-order chi connectivity index (χ0) is 21.6. The molecule has 2 aliphatic heterocycles. The third-order valence-corrected chi connectivity index (χ3v) is 7.64. The van der Waals surface area contributed by atoms with Crippen molar-refractivity contribution in [1.82, 2.24) is 9.80 Å². The van der Waals surface area contributed by atoms with Gasteiger partial charge in [-0.2, -0.15) is 0 Å². The Balaban J connectivity index is 1.60. The summed E-state index contributed by atoms with van der Waals surface area (Å²) < 4.78 is 0. The Morgan fingerprint density at radius 3 is 2.13 bits per heavy atom. The van der Waals surface area contributed by atoms with Crippen molar-refractivity contribution < 1.29 is 9.90 Å². The number of piperidine rings is 1. The zero-order valence-corrected chi connectivity index (χ0v) is 19.3. The number of aliphatic hydroxyl groups is 1. The van der Waals surface area contributed by atoms with E-state index in [2.05, 4.69) is 18.7 Å². The summed E-state index contributed by atoms with van der Waals surface area (Å²) in [6.45, 7) is 5.98. The van der Waals surface area contributed by atoms with E-state index in [1.807, 2.05) is 4.90 Å². The molecule has 1 atom stereocenters. The average molecular weight is 421 g/mol. The molecule has 3 rings (SSSR count). The summed E-state index contributed by atoms with van der Waals surface area (Å²) in [6.07, 6.45) is 14.5. The normalized spacial score (nSPS) is 25.4. The van der Waals surface area contributed by atoms with E-state index in [1.54, 1.807) is 0 Å². The molecule has 3 aliphatic rings. The van der Waals surface area contributed by atoms with Gasteiger partial charge in [-0.25, -0.2) is 4.99 Å². The fourth-order valence-electron chi connectivity index (χ4n) is 5.71. The molecule has 0 radical (unpaired) electrons. The maximum Gasteiger partial charge on any atom is 0.257 e. The SMILES string of the molecule is CCCCC1(CCCC)N=C(N)N(C2CCN(C(O)C3CCCCCC3)CC2)C1=O. The Morgan fingerprint density at radius 1 is 1.03 bits per heavy atom. The second-order valence-corrected chi connectivity index (χ2v) is 9.82. The summed E-state index contributed by atoms with van der Waals surface area (Å²) in [5.74, 6) is 0.958. The number of carbonyl (C=O) groups excluding carboxylic acids is 1. The van der Waals surface area contributed by atoms with Crippen LogP contribution in [0.2, 0.25) is 0 Å². The summed E-state index contributed by atoms with van der Waals surface area (Å²) in [5, 5.41) is 11.0. The summed E-state index contributed by atoms with van der Waals surface area (Å²) in [5.41, 5.74) is 5.71. The molecule has 2 heterocycles. The number of aliphatic hydroxyl groups excluding tert-OH is 1. The third kappa shape index (κ3) is 5.18. The molecule has 0 aromatic rings. The lowest BCUT2D eigenvalue weighted by atomic mass is 9.86. The van der Waals surface area contributed by atoms with Gasteiger partial charge < -0.3 is 10.8 Å². The number of unbranched alkanes of at least 4 members (excludes halogenated alkanes) is 2. The highest BCUT2D eigenvalue weighted by atomic mass is 16.3. The Morgan fingerprint density at radius 2 is 1.60 bits per heavy atom. The standard InChI is InChI=1S/C24H44N4O2/c1-3-5-15-24(16-6-4-2)22(30)28(23(25)26-24)20-13-17-27(18-14-20)21(29)19-11-9-7-8-10-12-19/h19-21,29H,3-18H2,1-2H3,(H2,25,26). The predicted molar refractivity (Wildman–Crippen MR) is 122 cm³/mol. The summed E-state index contributed by atoms with van der Waals surface area (Å²) in [7, 11) is 0. The summed E-state index contributed by atoms with van der Waals surface area (Å²) >= 11 is 0. The van der Waals surface area contributed by atoms with Crippen molar-refractivity contribution in [2.75, 3.05) is 13.1 Å². The molecule has 2 fully saturated rings. The molecule has 6 nitrogen and oxygen atoms in total. The number of likely N-dealkylation sites (tertiary alicyclic amines) is 1. The number of hydrogen-bond acceptors (Lipinski definition) is 5. The van der Waals surface area contributed by atoms with Gasteiger partial charge >= 0.3 is 0 Å². The molecule has 1 saturated heterocycles. The van der Waals surface area contributed by atoms with Crippen LogP contribution in [0.15, 0.2) is 4.99 Å². The van der Waals surface area contributed by atoms with Gasteiger partial charge in [0.05, 0.1) is 0 Å². The van der Waals surface area contributed by atoms with E-state index < -0.39 is 5.54 Å². The first-order valence-electron chi connectivity index (χ1n) is 12.6. The van der Waals surface area contributed by atoms with Crippen molar-refractivity contribution >= 4 is 11.9 Å². The van der Waals surface area contributed by atoms with Crippen molar-refractivity contribution in [2.24, 2.45) is 16.6 Å². The van der Waals surface area contributed by atoms with Gasteiger partial charge in [0.25, 0.3) is 5.91 Å². The van der Waals surface area contributed by atoms with Crippen LogP contribution in [0, 0.1) is 5.92 Å². The molecule has 30 heavy (non-hydrogen) atoms. The largest absolute Gasteiger partial charge is 0.378 e. The van der Waals surface area contributed by atoms with Crippen LogP contribution in [-0.2, 0) is 4.79 Å². The number of hydrogen-bond donors (Lipinski definition) is 2. The lowest BCUT2D eigenvalue weighted by molar-refractivity contribution is -0.134. The van der Waals surface area contributed by atoms with Crippen molar-refractivity contribution in [3.8, 4) is 0 Å². The first kappa shape index (κ1) is 23.5. The van der Waals surface area contributed by atoms with E-state index in [0.717, 1.165) is 77.3 Å². The van der Waals surface area contributed by atoms with E-state index >= 15 is 0 Å². The van der Waals surface area contributed by atoms with Gasteiger partial charge in [-0.1, -0.05) is 65.2 Å². The minimum atomic E-state index is -0.632. The van der Waals surface area contributed by atoms with Crippen LogP contribution in [0.5, 0.6) is 0 Å². The Hall–Kier alpha value is -1.14. The fraction of sp³-hybridized carbons (Fsp3) is 0.917. The molecule has 3 N–H and O–H groups in total. The Labute approximate surface area is 183 Å². The number of aliphatic imine (C=N–C) groups is 1. The van der Waals surface area contributed by atoms with Gasteiger partial charge in [0.2, 0.25) is 0 Å². The molecule has 1 amide bonds. The predicted octanol–water partition coefficient (Wildman–Crippen LogP) is 4.02. The molecule has 0 bridgehead atoms. The lowest BCUT2D eigenvalue weighted by Gasteiger charge is -2.41. The molecule has 0 aromatic heterocycles. The number of guanidine groups is 1. The van der Waals surface area contributed by atoms with Crippen molar-refractivity contribution in [2.45, 2.75) is 122 Å². The van der Waals surface area contributed by atoms with Gasteiger partial charge in [-0.3, -0.25) is 14.6 Å². The monoisotopic (exact) mass is 420 g/mol. The molecular formula is C24H44N4O2. The molecule has 1 saturated carbocycles. The van der Waals surface area contributed by atoms with Crippen LogP contribution in [0.4, 0.5) is 0 Å². The number of nitrogens with zero attached hydrogens (tertiary/aromatic N) is 3. The van der Waals surface area contributed by atoms with Crippen molar-refractivity contribution in [3.63, 3.8) is 0 Å². The molecule has 1 aliphatic carbocycles. The highest BCUT2D eigenvalue weighted by Crippen LogP contribution is 2.36. The average Bonchev–Trinajstić information content (AvgIpc) is 2.93. The van der Waals surface area contributed by atoms with Crippen LogP contribution >= 0.6 is 0 Å². The number of rotatable bonds is 9. The van der Waals surface area contributed by atoms with Crippen LogP contribution in [-0.4, -0.2) is 57.7 Å². The maximum absolute atomic E-state index is 13.5. The minimum absolute atomic E-state index is 0.115. The van der Waals surface area contributed by atoms with E-state index in [1.165, 1.54) is 25.7 Å². The molecule has 0 aromatic carbocycles. The van der Waals surface area contributed by atoms with Crippen molar-refractivity contribution in [3.05, 3.63) is 0 Å². The maximum atomic E-state index is 13.5. The molecule has 6 heteroatoms. The van der Waals surface area contributed by atoms with Gasteiger partial charge in [0.1, 0.15) is 11.8 Å². The van der Waals surface area contributed by atoms with E-state index in [4.69, 9.17) is 10.7 Å². The quantitative estimate of drug-likeness (QED) is 0.552. The number of carbonyl (C=O) groups is 1. The van der Waals surface area contributed by atoms with Crippen LogP contribution < -0.4 is 5.73 Å². The van der Waals surface area contributed by atoms with E-state index in [9.17, 15) is 9.90 Å². The smallest absolute Gasteiger partial charge is 0.257 e. The molecule has 172 valence electrons. The van der Waals surface area contributed by atoms with Gasteiger partial charge in [-0.05, 0) is 44.4 Å². The van der Waals surface area contributed by atoms with Crippen LogP contribution in [0.3, 0.4) is 0 Å². The lowest BCUT2D eigenvalue weighted by Crippen LogP contribution is -2.55. The molecule has 0 spiro atoms. The van der Waals surface area contributed by atoms with Crippen LogP contribution in [0.25, 0.3) is 0 Å². The highest BCUT2D eigenvalue weighted by molar-refractivity contribution is 6.07. The number of nitrogens with two attached hydrogens (primary N) is 1. The Bertz CT molecular complexity index is 570. The van der Waals surface area contributed by atoms with Crippen LogP contribution in [0.1, 0.15) is 104 Å². The summed E-state index contributed by atoms with van der Waals surface area (Å²) in [4.78, 5) is 22.4. The summed E-state index contributed by atoms with van der Waals surface area (Å²) in [6, 6.07) is 0.115. The Kier molecular flexibility index (Phi) is 8.58. The van der Waals surface area contributed by atoms with E-state index in [0.29, 0.717) is 11.9 Å². The van der Waals surface area contributed by atoms with Crippen molar-refractivity contribution in [1.29, 1.82) is 0 Å². The van der Waals surface area contributed by atoms with E-state index in [-0.39, 0.29) is 18.2 Å². The van der Waals surface area contributed by atoms with Gasteiger partial charge in [0.15, 0.2) is 5.96 Å². The number of amides is 1. The fourth-order valence-corrected chi connectivity index (χ4v) is 5.71. The topological polar surface area (TPSA) is 82.2 Å². The second-order valence-electron chi connectivity index (χ2n) is 9.82. The molecular weight excluding hydrogens is 376 g/mol. The second kappa shape index (κ2) is 10.9. The molecule has 1 unspecified atom stereocenters. The van der Waals surface area contributed by atoms with Gasteiger partial charge in [-0.15, -0.1) is 0 Å². The first-order valence-corrected chi connectivity index (χ1v) is 12.6. The minimum Gasteiger partial charge on any atom is -0.378 e. The van der Waals surface area contributed by atoms with Gasteiger partial charge in [0, 0.05) is 19.1 Å².